The molecule has 1 amide bonds. The Labute approximate surface area is 127 Å². The first-order valence-electron chi connectivity index (χ1n) is 8.01. The van der Waals surface area contributed by atoms with Crippen LogP contribution in [0.5, 0.6) is 0 Å². The normalized spacial score (nSPS) is 19.4. The van der Waals surface area contributed by atoms with Gasteiger partial charge in [-0.3, -0.25) is 9.69 Å². The fourth-order valence-electron chi connectivity index (χ4n) is 3.05. The standard InChI is InChI=1S/C17H27N3O/c1-2-14-6-3-4-7-15(14)12-20-11-5-8-16(13-20)17(21)19-10-9-18/h3-4,6-7,16H,2,5,8-13,18H2,1H3,(H,19,21). The van der Waals surface area contributed by atoms with Gasteiger partial charge in [-0.15, -0.1) is 0 Å². The van der Waals surface area contributed by atoms with Crippen LogP contribution in [0.15, 0.2) is 24.3 Å². The Bertz CT molecular complexity index is 461. The number of carbonyl (C=O) groups excluding carboxylic acids is 1. The molecule has 0 spiro atoms. The summed E-state index contributed by atoms with van der Waals surface area (Å²) in [5, 5.41) is 2.92. The molecule has 0 aromatic heterocycles. The monoisotopic (exact) mass is 289 g/mol. The number of benzene rings is 1. The average Bonchev–Trinajstić information content (AvgIpc) is 2.53. The molecule has 1 heterocycles. The van der Waals surface area contributed by atoms with Crippen LogP contribution in [0.1, 0.15) is 30.9 Å². The smallest absolute Gasteiger partial charge is 0.224 e. The van der Waals surface area contributed by atoms with Gasteiger partial charge in [0.05, 0.1) is 5.92 Å². The highest BCUT2D eigenvalue weighted by atomic mass is 16.1. The second-order valence-corrected chi connectivity index (χ2v) is 5.78. The highest BCUT2D eigenvalue weighted by molar-refractivity contribution is 5.78. The van der Waals surface area contributed by atoms with Gasteiger partial charge in [0.25, 0.3) is 0 Å². The van der Waals surface area contributed by atoms with Crippen molar-refractivity contribution in [2.45, 2.75) is 32.7 Å². The summed E-state index contributed by atoms with van der Waals surface area (Å²) in [5.41, 5.74) is 8.24. The van der Waals surface area contributed by atoms with Gasteiger partial charge in [-0.25, -0.2) is 0 Å². The van der Waals surface area contributed by atoms with E-state index in [9.17, 15) is 4.79 Å². The molecule has 116 valence electrons. The first kappa shape index (κ1) is 16.0. The van der Waals surface area contributed by atoms with Crippen molar-refractivity contribution in [2.75, 3.05) is 26.2 Å². The van der Waals surface area contributed by atoms with Crippen LogP contribution in [0, 0.1) is 5.92 Å². The van der Waals surface area contributed by atoms with Gasteiger partial charge < -0.3 is 11.1 Å². The maximum Gasteiger partial charge on any atom is 0.224 e. The van der Waals surface area contributed by atoms with E-state index in [0.29, 0.717) is 13.1 Å². The van der Waals surface area contributed by atoms with E-state index < -0.39 is 0 Å². The molecule has 1 aromatic rings. The predicted molar refractivity (Wildman–Crippen MR) is 85.9 cm³/mol. The topological polar surface area (TPSA) is 58.4 Å². The molecule has 21 heavy (non-hydrogen) atoms. The van der Waals surface area contributed by atoms with Crippen molar-refractivity contribution in [1.82, 2.24) is 10.2 Å². The number of nitrogens with zero attached hydrogens (tertiary/aromatic N) is 1. The Morgan fingerprint density at radius 2 is 2.14 bits per heavy atom. The van der Waals surface area contributed by atoms with Gasteiger partial charge in [0, 0.05) is 26.2 Å². The zero-order valence-corrected chi connectivity index (χ0v) is 13.0. The molecule has 1 fully saturated rings. The Kier molecular flexibility index (Phi) is 6.21. The lowest BCUT2D eigenvalue weighted by Crippen LogP contribution is -2.43. The molecule has 0 radical (unpaired) electrons. The molecule has 1 unspecified atom stereocenters. The van der Waals surface area contributed by atoms with Gasteiger partial charge in [0.2, 0.25) is 5.91 Å². The number of hydrogen-bond donors (Lipinski definition) is 2. The average molecular weight is 289 g/mol. The first-order chi connectivity index (χ1) is 10.2. The second-order valence-electron chi connectivity index (χ2n) is 5.78. The molecule has 0 bridgehead atoms. The minimum Gasteiger partial charge on any atom is -0.355 e. The molecule has 0 aliphatic carbocycles. The van der Waals surface area contributed by atoms with E-state index in [2.05, 4.69) is 41.4 Å². The molecule has 4 nitrogen and oxygen atoms in total. The third kappa shape index (κ3) is 4.55. The van der Waals surface area contributed by atoms with Gasteiger partial charge in [-0.2, -0.15) is 0 Å². The summed E-state index contributed by atoms with van der Waals surface area (Å²) >= 11 is 0. The van der Waals surface area contributed by atoms with E-state index in [1.54, 1.807) is 0 Å². The highest BCUT2D eigenvalue weighted by Gasteiger charge is 2.25. The van der Waals surface area contributed by atoms with Gasteiger partial charge in [-0.05, 0) is 36.9 Å². The van der Waals surface area contributed by atoms with Crippen LogP contribution in [-0.2, 0) is 17.8 Å². The van der Waals surface area contributed by atoms with Gasteiger partial charge in [0.1, 0.15) is 0 Å². The van der Waals surface area contributed by atoms with E-state index in [4.69, 9.17) is 5.73 Å². The number of carbonyl (C=O) groups is 1. The van der Waals surface area contributed by atoms with Crippen molar-refractivity contribution in [2.24, 2.45) is 11.7 Å². The molecule has 3 N–H and O–H groups in total. The van der Waals surface area contributed by atoms with Gasteiger partial charge >= 0.3 is 0 Å². The molecule has 1 aliphatic rings. The number of nitrogens with two attached hydrogens (primary N) is 1. The summed E-state index contributed by atoms with van der Waals surface area (Å²) in [6, 6.07) is 8.60. The van der Waals surface area contributed by atoms with Crippen LogP contribution in [0.25, 0.3) is 0 Å². The quantitative estimate of drug-likeness (QED) is 0.835. The van der Waals surface area contributed by atoms with E-state index >= 15 is 0 Å². The largest absolute Gasteiger partial charge is 0.355 e. The molecule has 2 rings (SSSR count). The summed E-state index contributed by atoms with van der Waals surface area (Å²) < 4.78 is 0. The third-order valence-electron chi connectivity index (χ3n) is 4.21. The number of likely N-dealkylation sites (tertiary alicyclic amines) is 1. The molecular weight excluding hydrogens is 262 g/mol. The lowest BCUT2D eigenvalue weighted by Gasteiger charge is -2.32. The summed E-state index contributed by atoms with van der Waals surface area (Å²) in [4.78, 5) is 14.5. The minimum absolute atomic E-state index is 0.110. The highest BCUT2D eigenvalue weighted by Crippen LogP contribution is 2.20. The number of piperidine rings is 1. The predicted octanol–water partition coefficient (Wildman–Crippen LogP) is 1.54. The van der Waals surface area contributed by atoms with Crippen molar-refractivity contribution in [3.63, 3.8) is 0 Å². The summed E-state index contributed by atoms with van der Waals surface area (Å²) in [6.45, 7) is 6.16. The number of amides is 1. The van der Waals surface area contributed by atoms with Crippen LogP contribution in [0.4, 0.5) is 0 Å². The number of hydrogen-bond acceptors (Lipinski definition) is 3. The number of nitrogens with one attached hydrogen (secondary N) is 1. The molecule has 4 heteroatoms. The summed E-state index contributed by atoms with van der Waals surface area (Å²) in [5.74, 6) is 0.271. The van der Waals surface area contributed by atoms with E-state index in [0.717, 1.165) is 38.9 Å². The molecule has 0 saturated carbocycles. The van der Waals surface area contributed by atoms with Crippen molar-refractivity contribution in [1.29, 1.82) is 0 Å². The lowest BCUT2D eigenvalue weighted by molar-refractivity contribution is -0.126. The molecule has 1 saturated heterocycles. The van der Waals surface area contributed by atoms with Gasteiger partial charge in [0.15, 0.2) is 0 Å². The van der Waals surface area contributed by atoms with Crippen LogP contribution in [-0.4, -0.2) is 37.0 Å². The second kappa shape index (κ2) is 8.15. The third-order valence-corrected chi connectivity index (χ3v) is 4.21. The Morgan fingerprint density at radius 3 is 2.86 bits per heavy atom. The van der Waals surface area contributed by atoms with Crippen LogP contribution in [0.3, 0.4) is 0 Å². The minimum atomic E-state index is 0.110. The Morgan fingerprint density at radius 1 is 1.38 bits per heavy atom. The van der Waals surface area contributed by atoms with E-state index in [1.807, 2.05) is 0 Å². The van der Waals surface area contributed by atoms with E-state index in [-0.39, 0.29) is 11.8 Å². The Hall–Kier alpha value is -1.39. The van der Waals surface area contributed by atoms with Gasteiger partial charge in [-0.1, -0.05) is 31.2 Å². The van der Waals surface area contributed by atoms with Crippen molar-refractivity contribution in [3.8, 4) is 0 Å². The van der Waals surface area contributed by atoms with Crippen molar-refractivity contribution >= 4 is 5.91 Å². The maximum atomic E-state index is 12.1. The van der Waals surface area contributed by atoms with E-state index in [1.165, 1.54) is 11.1 Å². The Balaban J connectivity index is 1.93. The van der Waals surface area contributed by atoms with Crippen LogP contribution < -0.4 is 11.1 Å². The van der Waals surface area contributed by atoms with Crippen LogP contribution in [0.2, 0.25) is 0 Å². The number of rotatable bonds is 6. The lowest BCUT2D eigenvalue weighted by atomic mass is 9.96. The fourth-order valence-corrected chi connectivity index (χ4v) is 3.05. The molecule has 1 aromatic carbocycles. The number of aryl methyl sites for hydroxylation is 1. The molecular formula is C17H27N3O. The zero-order valence-electron chi connectivity index (χ0n) is 13.0. The molecule has 1 aliphatic heterocycles. The SMILES string of the molecule is CCc1ccccc1CN1CCCC(C(=O)NCCN)C1. The zero-order chi connectivity index (χ0) is 15.1. The van der Waals surface area contributed by atoms with Crippen LogP contribution >= 0.6 is 0 Å². The summed E-state index contributed by atoms with van der Waals surface area (Å²) in [6.07, 6.45) is 3.14. The first-order valence-corrected chi connectivity index (χ1v) is 8.01. The summed E-state index contributed by atoms with van der Waals surface area (Å²) in [7, 11) is 0. The van der Waals surface area contributed by atoms with Crippen molar-refractivity contribution in [3.05, 3.63) is 35.4 Å². The molecule has 1 atom stereocenters. The fraction of sp³-hybridized carbons (Fsp3) is 0.588. The van der Waals surface area contributed by atoms with Crippen molar-refractivity contribution < 1.29 is 4.79 Å². The maximum absolute atomic E-state index is 12.1.